The van der Waals surface area contributed by atoms with Gasteiger partial charge in [-0.3, -0.25) is 0 Å². The molecule has 0 aliphatic rings. The van der Waals surface area contributed by atoms with Gasteiger partial charge in [-0.2, -0.15) is 5.10 Å². The highest BCUT2D eigenvalue weighted by molar-refractivity contribution is 6.16. The predicted molar refractivity (Wildman–Crippen MR) is 50.5 cm³/mol. The first-order valence-corrected chi connectivity index (χ1v) is 4.41. The van der Waals surface area contributed by atoms with E-state index in [1.807, 2.05) is 24.1 Å². The van der Waals surface area contributed by atoms with E-state index in [0.29, 0.717) is 5.88 Å². The van der Waals surface area contributed by atoms with Gasteiger partial charge in [-0.25, -0.2) is 0 Å². The zero-order chi connectivity index (χ0) is 8.97. The number of hydrogen-bond acceptors (Lipinski definition) is 3. The van der Waals surface area contributed by atoms with E-state index in [1.54, 1.807) is 0 Å². The molecule has 0 spiro atoms. The minimum absolute atomic E-state index is 0.420. The summed E-state index contributed by atoms with van der Waals surface area (Å²) in [6.07, 6.45) is 0. The van der Waals surface area contributed by atoms with Crippen molar-refractivity contribution in [2.75, 3.05) is 18.5 Å². The van der Waals surface area contributed by atoms with Crippen molar-refractivity contribution in [1.29, 1.82) is 0 Å². The second kappa shape index (κ2) is 4.26. The minimum Gasteiger partial charge on any atom is -0.358 e. The Morgan fingerprint density at radius 3 is 2.58 bits per heavy atom. The van der Waals surface area contributed by atoms with Crippen molar-refractivity contribution in [3.8, 4) is 0 Å². The normalized spacial score (nSPS) is 9.92. The predicted octanol–water partition coefficient (Wildman–Crippen LogP) is 1.67. The van der Waals surface area contributed by atoms with Crippen molar-refractivity contribution in [1.82, 2.24) is 10.2 Å². The van der Waals surface area contributed by atoms with E-state index < -0.39 is 0 Å². The lowest BCUT2D eigenvalue weighted by Gasteiger charge is -2.13. The van der Waals surface area contributed by atoms with Crippen LogP contribution in [0.25, 0.3) is 0 Å². The van der Waals surface area contributed by atoms with E-state index in [4.69, 9.17) is 11.6 Å². The molecule has 0 N–H and O–H groups in total. The van der Waals surface area contributed by atoms with Gasteiger partial charge in [0.15, 0.2) is 5.82 Å². The number of rotatable bonds is 3. The summed E-state index contributed by atoms with van der Waals surface area (Å²) in [5.41, 5.74) is 0.810. The van der Waals surface area contributed by atoms with Crippen LogP contribution in [-0.4, -0.2) is 23.8 Å². The second-order valence-corrected chi connectivity index (χ2v) is 2.80. The van der Waals surface area contributed by atoms with Gasteiger partial charge in [0.2, 0.25) is 0 Å². The number of alkyl halides is 1. The molecule has 0 saturated carbocycles. The number of anilines is 1. The first-order valence-electron chi connectivity index (χ1n) is 3.87. The molecule has 0 unspecified atom stereocenters. The monoisotopic (exact) mass is 185 g/mol. The molecule has 0 aromatic carbocycles. The maximum Gasteiger partial charge on any atom is 0.150 e. The van der Waals surface area contributed by atoms with Crippen LogP contribution in [0.15, 0.2) is 12.1 Å². The van der Waals surface area contributed by atoms with Gasteiger partial charge < -0.3 is 4.90 Å². The first kappa shape index (κ1) is 9.26. The summed E-state index contributed by atoms with van der Waals surface area (Å²) in [5, 5.41) is 7.95. The van der Waals surface area contributed by atoms with Crippen LogP contribution in [0.3, 0.4) is 0 Å². The molecular formula is C8H12ClN3. The van der Waals surface area contributed by atoms with E-state index in [9.17, 15) is 0 Å². The Hall–Kier alpha value is -0.830. The third-order valence-electron chi connectivity index (χ3n) is 1.71. The SMILES string of the molecule is CCN(C)c1ccc(CCl)nn1. The van der Waals surface area contributed by atoms with E-state index >= 15 is 0 Å². The Kier molecular flexibility index (Phi) is 3.29. The van der Waals surface area contributed by atoms with Crippen LogP contribution in [0.4, 0.5) is 5.82 Å². The van der Waals surface area contributed by atoms with Crippen molar-refractivity contribution < 1.29 is 0 Å². The topological polar surface area (TPSA) is 29.0 Å². The molecule has 0 fully saturated rings. The molecule has 66 valence electrons. The van der Waals surface area contributed by atoms with Crippen molar-refractivity contribution in [3.05, 3.63) is 17.8 Å². The molecule has 0 aliphatic heterocycles. The second-order valence-electron chi connectivity index (χ2n) is 2.53. The average Bonchev–Trinajstić information content (AvgIpc) is 2.17. The number of hydrogen-bond donors (Lipinski definition) is 0. The molecule has 1 aromatic rings. The lowest BCUT2D eigenvalue weighted by Crippen LogP contribution is -2.17. The largest absolute Gasteiger partial charge is 0.358 e. The smallest absolute Gasteiger partial charge is 0.150 e. The van der Waals surface area contributed by atoms with E-state index in [2.05, 4.69) is 17.1 Å². The maximum absolute atomic E-state index is 5.58. The van der Waals surface area contributed by atoms with Crippen molar-refractivity contribution in [2.24, 2.45) is 0 Å². The molecule has 0 saturated heterocycles. The maximum atomic E-state index is 5.58. The van der Waals surface area contributed by atoms with Crippen LogP contribution in [0, 0.1) is 0 Å². The van der Waals surface area contributed by atoms with Gasteiger partial charge in [0.05, 0.1) is 11.6 Å². The number of nitrogens with zero attached hydrogens (tertiary/aromatic N) is 3. The third kappa shape index (κ3) is 2.08. The summed E-state index contributed by atoms with van der Waals surface area (Å²) in [4.78, 5) is 2.02. The summed E-state index contributed by atoms with van der Waals surface area (Å²) in [6.45, 7) is 2.99. The molecule has 0 bridgehead atoms. The van der Waals surface area contributed by atoms with Gasteiger partial charge >= 0.3 is 0 Å². The Morgan fingerprint density at radius 2 is 2.17 bits per heavy atom. The molecule has 0 aliphatic carbocycles. The quantitative estimate of drug-likeness (QED) is 0.671. The van der Waals surface area contributed by atoms with Gasteiger partial charge in [0, 0.05) is 13.6 Å². The zero-order valence-corrected chi connectivity index (χ0v) is 8.04. The molecule has 1 heterocycles. The molecule has 12 heavy (non-hydrogen) atoms. The van der Waals surface area contributed by atoms with E-state index in [1.165, 1.54) is 0 Å². The Balaban J connectivity index is 2.77. The fourth-order valence-corrected chi connectivity index (χ4v) is 0.932. The summed E-state index contributed by atoms with van der Waals surface area (Å²) in [5.74, 6) is 1.30. The number of halogens is 1. The van der Waals surface area contributed by atoms with Crippen molar-refractivity contribution in [2.45, 2.75) is 12.8 Å². The first-order chi connectivity index (χ1) is 5.77. The van der Waals surface area contributed by atoms with Crippen LogP contribution < -0.4 is 4.90 Å². The Labute approximate surface area is 77.4 Å². The van der Waals surface area contributed by atoms with E-state index in [-0.39, 0.29) is 0 Å². The Morgan fingerprint density at radius 1 is 1.42 bits per heavy atom. The van der Waals surface area contributed by atoms with Crippen LogP contribution >= 0.6 is 11.6 Å². The molecule has 4 heteroatoms. The van der Waals surface area contributed by atoms with Crippen molar-refractivity contribution >= 4 is 17.4 Å². The fraction of sp³-hybridized carbons (Fsp3) is 0.500. The van der Waals surface area contributed by atoms with Gasteiger partial charge in [-0.15, -0.1) is 16.7 Å². The van der Waals surface area contributed by atoms with Crippen LogP contribution in [0.1, 0.15) is 12.6 Å². The summed E-state index contributed by atoms with van der Waals surface area (Å²) < 4.78 is 0. The zero-order valence-electron chi connectivity index (χ0n) is 7.29. The summed E-state index contributed by atoms with van der Waals surface area (Å²) in [7, 11) is 1.98. The van der Waals surface area contributed by atoms with Crippen LogP contribution in [0.2, 0.25) is 0 Å². The highest BCUT2D eigenvalue weighted by Gasteiger charge is 1.99. The standard InChI is InChI=1S/C8H12ClN3/c1-3-12(2)8-5-4-7(6-9)10-11-8/h4-5H,3,6H2,1-2H3. The van der Waals surface area contributed by atoms with Crippen LogP contribution in [0.5, 0.6) is 0 Å². The van der Waals surface area contributed by atoms with Gasteiger partial charge in [0.1, 0.15) is 0 Å². The minimum atomic E-state index is 0.420. The molecule has 3 nitrogen and oxygen atoms in total. The lowest BCUT2D eigenvalue weighted by molar-refractivity contribution is 0.879. The fourth-order valence-electron chi connectivity index (χ4n) is 0.790. The highest BCUT2D eigenvalue weighted by Crippen LogP contribution is 2.07. The van der Waals surface area contributed by atoms with Gasteiger partial charge in [-0.05, 0) is 19.1 Å². The lowest BCUT2D eigenvalue weighted by atomic mass is 10.4. The molecule has 0 atom stereocenters. The molecule has 1 rings (SSSR count). The molecule has 1 aromatic heterocycles. The molecule has 0 amide bonds. The van der Waals surface area contributed by atoms with Crippen molar-refractivity contribution in [3.63, 3.8) is 0 Å². The van der Waals surface area contributed by atoms with Gasteiger partial charge in [0.25, 0.3) is 0 Å². The van der Waals surface area contributed by atoms with Gasteiger partial charge in [-0.1, -0.05) is 0 Å². The Bertz CT molecular complexity index is 235. The molecular weight excluding hydrogens is 174 g/mol. The average molecular weight is 186 g/mol. The van der Waals surface area contributed by atoms with E-state index in [0.717, 1.165) is 18.1 Å². The third-order valence-corrected chi connectivity index (χ3v) is 1.98. The number of aromatic nitrogens is 2. The highest BCUT2D eigenvalue weighted by atomic mass is 35.5. The summed E-state index contributed by atoms with van der Waals surface area (Å²) >= 11 is 5.58. The summed E-state index contributed by atoms with van der Waals surface area (Å²) in [6, 6.07) is 3.82. The van der Waals surface area contributed by atoms with Crippen LogP contribution in [-0.2, 0) is 5.88 Å². The molecule has 0 radical (unpaired) electrons.